The van der Waals surface area contributed by atoms with Crippen LogP contribution in [-0.2, 0) is 6.61 Å². The highest BCUT2D eigenvalue weighted by Gasteiger charge is 2.02. The summed E-state index contributed by atoms with van der Waals surface area (Å²) in [5.74, 6) is 0.353. The molecule has 0 fully saturated rings. The van der Waals surface area contributed by atoms with Crippen molar-refractivity contribution in [2.45, 2.75) is 13.5 Å². The lowest BCUT2D eigenvalue weighted by molar-refractivity contribution is 0.101. The molecule has 0 atom stereocenters. The molecule has 2 rings (SSSR count). The second-order valence-electron chi connectivity index (χ2n) is 4.15. The number of halogens is 2. The van der Waals surface area contributed by atoms with E-state index in [-0.39, 0.29) is 18.2 Å². The highest BCUT2D eigenvalue weighted by molar-refractivity contribution is 9.10. The van der Waals surface area contributed by atoms with Crippen LogP contribution in [0.15, 0.2) is 46.9 Å². The molecule has 0 saturated carbocycles. The summed E-state index contributed by atoms with van der Waals surface area (Å²) in [5.41, 5.74) is 1.38. The first-order valence-electron chi connectivity index (χ1n) is 5.73. The number of hydrogen-bond acceptors (Lipinski definition) is 2. The number of hydrogen-bond donors (Lipinski definition) is 0. The van der Waals surface area contributed by atoms with Gasteiger partial charge in [0.25, 0.3) is 0 Å². The van der Waals surface area contributed by atoms with E-state index < -0.39 is 0 Å². The van der Waals surface area contributed by atoms with Crippen molar-refractivity contribution >= 4 is 21.7 Å². The van der Waals surface area contributed by atoms with Crippen LogP contribution < -0.4 is 4.74 Å². The summed E-state index contributed by atoms with van der Waals surface area (Å²) < 4.78 is 19.4. The van der Waals surface area contributed by atoms with Crippen molar-refractivity contribution in [2.75, 3.05) is 0 Å². The first kappa shape index (κ1) is 13.7. The molecule has 19 heavy (non-hydrogen) atoms. The van der Waals surface area contributed by atoms with Gasteiger partial charge in [-0.15, -0.1) is 0 Å². The zero-order valence-electron chi connectivity index (χ0n) is 10.3. The van der Waals surface area contributed by atoms with Crippen LogP contribution in [0.3, 0.4) is 0 Å². The van der Waals surface area contributed by atoms with E-state index in [1.54, 1.807) is 30.3 Å². The fourth-order valence-electron chi connectivity index (χ4n) is 1.65. The number of Topliss-reactive ketones (excluding diaryl/α,β-unsaturated/α-hetero) is 1. The van der Waals surface area contributed by atoms with Gasteiger partial charge in [-0.05, 0) is 55.0 Å². The maximum absolute atomic E-state index is 13.2. The average Bonchev–Trinajstić information content (AvgIpc) is 2.36. The normalized spacial score (nSPS) is 10.3. The molecule has 4 heteroatoms. The molecule has 0 bridgehead atoms. The Morgan fingerprint density at radius 3 is 2.47 bits per heavy atom. The first-order valence-corrected chi connectivity index (χ1v) is 6.52. The maximum Gasteiger partial charge on any atom is 0.159 e. The topological polar surface area (TPSA) is 26.3 Å². The Bertz CT molecular complexity index is 573. The molecule has 0 aliphatic carbocycles. The van der Waals surface area contributed by atoms with Gasteiger partial charge in [-0.1, -0.05) is 15.9 Å². The van der Waals surface area contributed by atoms with Crippen LogP contribution in [0.25, 0.3) is 0 Å². The summed E-state index contributed by atoms with van der Waals surface area (Å²) in [6, 6.07) is 11.5. The van der Waals surface area contributed by atoms with Gasteiger partial charge in [0.2, 0.25) is 0 Å². The maximum atomic E-state index is 13.2. The molecule has 0 spiro atoms. The summed E-state index contributed by atoms with van der Waals surface area (Å²) in [5, 5.41) is 0. The summed E-state index contributed by atoms with van der Waals surface area (Å²) in [4.78, 5) is 11.1. The summed E-state index contributed by atoms with van der Waals surface area (Å²) in [6.45, 7) is 1.79. The highest BCUT2D eigenvalue weighted by Crippen LogP contribution is 2.18. The van der Waals surface area contributed by atoms with E-state index >= 15 is 0 Å². The van der Waals surface area contributed by atoms with E-state index in [0.29, 0.717) is 15.8 Å². The Labute approximate surface area is 119 Å². The van der Waals surface area contributed by atoms with E-state index in [4.69, 9.17) is 4.74 Å². The number of rotatable bonds is 4. The van der Waals surface area contributed by atoms with Crippen LogP contribution in [0.1, 0.15) is 22.8 Å². The lowest BCUT2D eigenvalue weighted by Crippen LogP contribution is -1.97. The van der Waals surface area contributed by atoms with Gasteiger partial charge in [-0.3, -0.25) is 4.79 Å². The Balaban J connectivity index is 2.03. The minimum Gasteiger partial charge on any atom is -0.489 e. The van der Waals surface area contributed by atoms with Gasteiger partial charge in [-0.2, -0.15) is 0 Å². The number of benzene rings is 2. The molecular weight excluding hydrogens is 311 g/mol. The predicted octanol–water partition coefficient (Wildman–Crippen LogP) is 4.37. The Kier molecular flexibility index (Phi) is 4.32. The second kappa shape index (κ2) is 5.97. The molecule has 0 amide bonds. The molecule has 0 radical (unpaired) electrons. The summed E-state index contributed by atoms with van der Waals surface area (Å²) in [6.07, 6.45) is 0. The zero-order valence-corrected chi connectivity index (χ0v) is 11.9. The van der Waals surface area contributed by atoms with Gasteiger partial charge < -0.3 is 4.74 Å². The Morgan fingerprint density at radius 2 is 1.89 bits per heavy atom. The summed E-state index contributed by atoms with van der Waals surface area (Å²) >= 11 is 3.23. The summed E-state index contributed by atoms with van der Waals surface area (Å²) in [7, 11) is 0. The minimum atomic E-state index is -0.306. The zero-order chi connectivity index (χ0) is 13.8. The van der Waals surface area contributed by atoms with E-state index in [9.17, 15) is 9.18 Å². The molecule has 0 unspecified atom stereocenters. The van der Waals surface area contributed by atoms with Crippen LogP contribution in [0.4, 0.5) is 4.39 Å². The van der Waals surface area contributed by atoms with Gasteiger partial charge >= 0.3 is 0 Å². The smallest absolute Gasteiger partial charge is 0.159 e. The van der Waals surface area contributed by atoms with Crippen molar-refractivity contribution in [3.8, 4) is 5.75 Å². The van der Waals surface area contributed by atoms with Crippen LogP contribution in [0.5, 0.6) is 5.75 Å². The molecular formula is C15H12BrFO2. The molecule has 0 saturated heterocycles. The molecule has 2 aromatic carbocycles. The number of ether oxygens (including phenoxy) is 1. The highest BCUT2D eigenvalue weighted by atomic mass is 79.9. The van der Waals surface area contributed by atoms with Crippen molar-refractivity contribution < 1.29 is 13.9 Å². The molecule has 0 N–H and O–H groups in total. The van der Waals surface area contributed by atoms with E-state index in [1.807, 2.05) is 0 Å². The average molecular weight is 323 g/mol. The van der Waals surface area contributed by atoms with Crippen LogP contribution in [0.2, 0.25) is 0 Å². The van der Waals surface area contributed by atoms with Crippen molar-refractivity contribution in [1.29, 1.82) is 0 Å². The standard InChI is InChI=1S/C15H12BrFO2/c1-10(18)12-2-4-15(5-3-12)19-9-11-6-13(16)8-14(17)7-11/h2-8H,9H2,1H3. The van der Waals surface area contributed by atoms with Crippen molar-refractivity contribution in [2.24, 2.45) is 0 Å². The number of ketones is 1. The fraction of sp³-hybridized carbons (Fsp3) is 0.133. The number of carbonyl (C=O) groups is 1. The van der Waals surface area contributed by atoms with E-state index in [2.05, 4.69) is 15.9 Å². The van der Waals surface area contributed by atoms with Gasteiger partial charge in [0, 0.05) is 10.0 Å². The number of carbonyl (C=O) groups excluding carboxylic acids is 1. The molecule has 98 valence electrons. The quantitative estimate of drug-likeness (QED) is 0.781. The lowest BCUT2D eigenvalue weighted by atomic mass is 10.1. The van der Waals surface area contributed by atoms with Crippen molar-refractivity contribution in [1.82, 2.24) is 0 Å². The Hall–Kier alpha value is -1.68. The van der Waals surface area contributed by atoms with Gasteiger partial charge in [0.15, 0.2) is 5.78 Å². The third-order valence-corrected chi connectivity index (χ3v) is 3.05. The second-order valence-corrected chi connectivity index (χ2v) is 5.06. The van der Waals surface area contributed by atoms with Crippen molar-refractivity contribution in [3.05, 3.63) is 63.9 Å². The van der Waals surface area contributed by atoms with Gasteiger partial charge in [0.1, 0.15) is 18.2 Å². The predicted molar refractivity (Wildman–Crippen MR) is 74.9 cm³/mol. The largest absolute Gasteiger partial charge is 0.489 e. The molecule has 2 nitrogen and oxygen atoms in total. The third kappa shape index (κ3) is 3.89. The van der Waals surface area contributed by atoms with Crippen LogP contribution in [-0.4, -0.2) is 5.78 Å². The Morgan fingerprint density at radius 1 is 1.21 bits per heavy atom. The molecule has 0 aliphatic rings. The molecule has 2 aromatic rings. The van der Waals surface area contributed by atoms with Crippen LogP contribution in [0, 0.1) is 5.82 Å². The molecule has 0 aromatic heterocycles. The minimum absolute atomic E-state index is 0.0145. The van der Waals surface area contributed by atoms with E-state index in [1.165, 1.54) is 19.1 Å². The SMILES string of the molecule is CC(=O)c1ccc(OCc2cc(F)cc(Br)c2)cc1. The lowest BCUT2D eigenvalue weighted by Gasteiger charge is -2.07. The molecule has 0 heterocycles. The monoisotopic (exact) mass is 322 g/mol. The van der Waals surface area contributed by atoms with Crippen molar-refractivity contribution in [3.63, 3.8) is 0 Å². The first-order chi connectivity index (χ1) is 9.04. The third-order valence-electron chi connectivity index (χ3n) is 2.59. The van der Waals surface area contributed by atoms with Gasteiger partial charge in [-0.25, -0.2) is 4.39 Å². The fourth-order valence-corrected chi connectivity index (χ4v) is 2.16. The molecule has 0 aliphatic heterocycles. The van der Waals surface area contributed by atoms with Crippen LogP contribution >= 0.6 is 15.9 Å². The van der Waals surface area contributed by atoms with Gasteiger partial charge in [0.05, 0.1) is 0 Å². The van der Waals surface area contributed by atoms with E-state index in [0.717, 1.165) is 5.56 Å².